The number of esters is 1. The first kappa shape index (κ1) is 16.4. The molecule has 5 nitrogen and oxygen atoms in total. The van der Waals surface area contributed by atoms with E-state index in [1.807, 2.05) is 4.90 Å². The number of amides is 1. The Morgan fingerprint density at radius 3 is 2.91 bits per heavy atom. The largest absolute Gasteiger partial charge is 0.468 e. The molecule has 1 N–H and O–H groups in total. The van der Waals surface area contributed by atoms with E-state index in [-0.39, 0.29) is 30.2 Å². The highest BCUT2D eigenvalue weighted by atomic mass is 19.1. The first-order chi connectivity index (χ1) is 10.5. The van der Waals surface area contributed by atoms with Gasteiger partial charge in [-0.15, -0.1) is 0 Å². The van der Waals surface area contributed by atoms with E-state index in [2.05, 4.69) is 5.32 Å². The topological polar surface area (TPSA) is 58.6 Å². The summed E-state index contributed by atoms with van der Waals surface area (Å²) < 4.78 is 18.2. The van der Waals surface area contributed by atoms with Gasteiger partial charge in [-0.3, -0.25) is 14.5 Å². The Kier molecular flexibility index (Phi) is 5.49. The molecule has 0 aromatic heterocycles. The molecule has 0 bridgehead atoms. The van der Waals surface area contributed by atoms with Crippen molar-refractivity contribution < 1.29 is 18.7 Å². The number of methoxy groups -OCH3 is 1. The summed E-state index contributed by atoms with van der Waals surface area (Å²) in [5.74, 6) is -0.791. The van der Waals surface area contributed by atoms with Gasteiger partial charge in [0.05, 0.1) is 7.11 Å². The molecule has 1 fully saturated rings. The number of hydrogen-bond donors (Lipinski definition) is 1. The first-order valence-electron chi connectivity index (χ1n) is 7.39. The van der Waals surface area contributed by atoms with Gasteiger partial charge in [0, 0.05) is 18.7 Å². The number of hydrogen-bond acceptors (Lipinski definition) is 4. The number of ether oxygens (including phenoxy) is 1. The van der Waals surface area contributed by atoms with Crippen LogP contribution >= 0.6 is 0 Å². The fraction of sp³-hybridized carbons (Fsp3) is 0.500. The summed E-state index contributed by atoms with van der Waals surface area (Å²) in [4.78, 5) is 25.5. The van der Waals surface area contributed by atoms with Crippen LogP contribution in [0.3, 0.4) is 0 Å². The van der Waals surface area contributed by atoms with Crippen LogP contribution < -0.4 is 5.32 Å². The molecule has 0 aliphatic carbocycles. The van der Waals surface area contributed by atoms with Crippen molar-refractivity contribution >= 4 is 17.6 Å². The molecular formula is C16H21FN2O3. The summed E-state index contributed by atoms with van der Waals surface area (Å²) in [6, 6.07) is 4.34. The van der Waals surface area contributed by atoms with Crippen LogP contribution in [0.5, 0.6) is 0 Å². The highest BCUT2D eigenvalue weighted by molar-refractivity contribution is 5.90. The summed E-state index contributed by atoms with van der Waals surface area (Å²) in [7, 11) is 1.37. The molecule has 1 aromatic rings. The van der Waals surface area contributed by atoms with Gasteiger partial charge in [-0.25, -0.2) is 4.39 Å². The van der Waals surface area contributed by atoms with Crippen LogP contribution in [0.1, 0.15) is 24.8 Å². The van der Waals surface area contributed by atoms with Crippen molar-refractivity contribution in [1.29, 1.82) is 0 Å². The van der Waals surface area contributed by atoms with Gasteiger partial charge in [0.25, 0.3) is 0 Å². The number of nitrogens with one attached hydrogen (secondary N) is 1. The molecule has 22 heavy (non-hydrogen) atoms. The molecule has 1 saturated heterocycles. The first-order valence-corrected chi connectivity index (χ1v) is 7.39. The van der Waals surface area contributed by atoms with Gasteiger partial charge in [-0.2, -0.15) is 0 Å². The molecule has 6 heteroatoms. The lowest BCUT2D eigenvalue weighted by Crippen LogP contribution is -2.38. The van der Waals surface area contributed by atoms with Crippen molar-refractivity contribution in [3.8, 4) is 0 Å². The summed E-state index contributed by atoms with van der Waals surface area (Å²) in [5, 5.41) is 2.67. The molecule has 1 unspecified atom stereocenters. The van der Waals surface area contributed by atoms with Crippen molar-refractivity contribution in [3.63, 3.8) is 0 Å². The number of anilines is 1. The number of likely N-dealkylation sites (tertiary alicyclic amines) is 1. The second-order valence-electron chi connectivity index (χ2n) is 5.48. The minimum Gasteiger partial charge on any atom is -0.468 e. The standard InChI is InChI=1S/C16H21FN2O3/c1-11-5-6-12(10-13(11)17)18-15(20)7-9-19-8-3-4-14(19)16(21)22-2/h5-6,10,14H,3-4,7-9H2,1-2H3,(H,18,20). The summed E-state index contributed by atoms with van der Waals surface area (Å²) >= 11 is 0. The Hall–Kier alpha value is -1.95. The third kappa shape index (κ3) is 4.04. The number of carbonyl (C=O) groups is 2. The van der Waals surface area contributed by atoms with Crippen LogP contribution in [-0.2, 0) is 14.3 Å². The average Bonchev–Trinajstić information content (AvgIpc) is 2.96. The highest BCUT2D eigenvalue weighted by Crippen LogP contribution is 2.19. The third-order valence-electron chi connectivity index (χ3n) is 3.92. The lowest BCUT2D eigenvalue weighted by molar-refractivity contribution is -0.146. The molecule has 0 spiro atoms. The fourth-order valence-electron chi connectivity index (χ4n) is 2.64. The monoisotopic (exact) mass is 308 g/mol. The van der Waals surface area contributed by atoms with Crippen LogP contribution in [-0.4, -0.2) is 43.0 Å². The van der Waals surface area contributed by atoms with E-state index in [1.54, 1.807) is 19.1 Å². The Labute approximate surface area is 129 Å². The van der Waals surface area contributed by atoms with E-state index in [0.717, 1.165) is 19.4 Å². The van der Waals surface area contributed by atoms with Crippen LogP contribution in [0.2, 0.25) is 0 Å². The molecule has 1 aliphatic heterocycles. The van der Waals surface area contributed by atoms with Crippen molar-refractivity contribution in [2.45, 2.75) is 32.2 Å². The molecule has 1 amide bonds. The summed E-state index contributed by atoms with van der Waals surface area (Å²) in [6.07, 6.45) is 1.94. The molecule has 0 radical (unpaired) electrons. The zero-order valence-electron chi connectivity index (χ0n) is 12.9. The van der Waals surface area contributed by atoms with E-state index in [4.69, 9.17) is 4.74 Å². The lowest BCUT2D eigenvalue weighted by Gasteiger charge is -2.21. The predicted molar refractivity (Wildman–Crippen MR) is 81.0 cm³/mol. The fourth-order valence-corrected chi connectivity index (χ4v) is 2.64. The normalized spacial score (nSPS) is 18.2. The van der Waals surface area contributed by atoms with Gasteiger partial charge in [0.15, 0.2) is 0 Å². The Morgan fingerprint density at radius 1 is 1.45 bits per heavy atom. The smallest absolute Gasteiger partial charge is 0.323 e. The number of nitrogens with zero attached hydrogens (tertiary/aromatic N) is 1. The predicted octanol–water partition coefficient (Wildman–Crippen LogP) is 2.10. The highest BCUT2D eigenvalue weighted by Gasteiger charge is 2.31. The van der Waals surface area contributed by atoms with Crippen molar-refractivity contribution in [2.75, 3.05) is 25.5 Å². The van der Waals surface area contributed by atoms with Crippen molar-refractivity contribution in [2.24, 2.45) is 0 Å². The molecule has 2 rings (SSSR count). The lowest BCUT2D eigenvalue weighted by atomic mass is 10.2. The Bertz CT molecular complexity index is 562. The summed E-state index contributed by atoms with van der Waals surface area (Å²) in [5.41, 5.74) is 0.982. The minimum atomic E-state index is -0.344. The molecule has 1 heterocycles. The average molecular weight is 308 g/mol. The molecule has 1 aromatic carbocycles. The van der Waals surface area contributed by atoms with Crippen LogP contribution in [0.15, 0.2) is 18.2 Å². The van der Waals surface area contributed by atoms with Gasteiger partial charge in [-0.05, 0) is 44.0 Å². The number of carbonyl (C=O) groups excluding carboxylic acids is 2. The second kappa shape index (κ2) is 7.35. The maximum Gasteiger partial charge on any atom is 0.323 e. The van der Waals surface area contributed by atoms with Crippen molar-refractivity contribution in [3.05, 3.63) is 29.6 Å². The molecule has 120 valence electrons. The number of halogens is 1. The van der Waals surface area contributed by atoms with E-state index in [9.17, 15) is 14.0 Å². The van der Waals surface area contributed by atoms with E-state index in [1.165, 1.54) is 13.2 Å². The zero-order chi connectivity index (χ0) is 16.1. The van der Waals surface area contributed by atoms with E-state index in [0.29, 0.717) is 17.8 Å². The second-order valence-corrected chi connectivity index (χ2v) is 5.48. The van der Waals surface area contributed by atoms with E-state index >= 15 is 0 Å². The van der Waals surface area contributed by atoms with Crippen LogP contribution in [0.4, 0.5) is 10.1 Å². The molecule has 1 aliphatic rings. The van der Waals surface area contributed by atoms with Gasteiger partial charge >= 0.3 is 5.97 Å². The Morgan fingerprint density at radius 2 is 2.23 bits per heavy atom. The number of rotatable bonds is 5. The quantitative estimate of drug-likeness (QED) is 0.846. The van der Waals surface area contributed by atoms with E-state index < -0.39 is 0 Å². The molecule has 1 atom stereocenters. The van der Waals surface area contributed by atoms with Crippen LogP contribution in [0.25, 0.3) is 0 Å². The number of benzene rings is 1. The molecular weight excluding hydrogens is 287 g/mol. The van der Waals surface area contributed by atoms with Gasteiger partial charge in [-0.1, -0.05) is 6.07 Å². The maximum absolute atomic E-state index is 13.4. The summed E-state index contributed by atoms with van der Waals surface area (Å²) in [6.45, 7) is 2.94. The maximum atomic E-state index is 13.4. The third-order valence-corrected chi connectivity index (χ3v) is 3.92. The SMILES string of the molecule is COC(=O)C1CCCN1CCC(=O)Nc1ccc(C)c(F)c1. The minimum absolute atomic E-state index is 0.196. The molecule has 0 saturated carbocycles. The Balaban J connectivity index is 1.84. The van der Waals surface area contributed by atoms with Gasteiger partial charge < -0.3 is 10.1 Å². The van der Waals surface area contributed by atoms with Gasteiger partial charge in [0.2, 0.25) is 5.91 Å². The van der Waals surface area contributed by atoms with Crippen LogP contribution in [0, 0.1) is 12.7 Å². The van der Waals surface area contributed by atoms with Crippen molar-refractivity contribution in [1.82, 2.24) is 4.90 Å². The zero-order valence-corrected chi connectivity index (χ0v) is 12.9. The number of aryl methyl sites for hydroxylation is 1. The van der Waals surface area contributed by atoms with Gasteiger partial charge in [0.1, 0.15) is 11.9 Å².